The maximum Gasteiger partial charge on any atom is 0.174 e. The number of benzene rings is 3. The predicted octanol–water partition coefficient (Wildman–Crippen LogP) is 6.09. The van der Waals surface area contributed by atoms with E-state index in [0.29, 0.717) is 5.92 Å². The van der Waals surface area contributed by atoms with E-state index in [1.54, 1.807) is 0 Å². The molecule has 1 fully saturated rings. The zero-order valence-electron chi connectivity index (χ0n) is 14.2. The molecule has 3 aromatic rings. The lowest BCUT2D eigenvalue weighted by molar-refractivity contribution is 0.0908. The topological polar surface area (TPSA) is 29.4 Å². The molecule has 0 bridgehead atoms. The summed E-state index contributed by atoms with van der Waals surface area (Å²) < 4.78 is 0. The molecule has 0 amide bonds. The van der Waals surface area contributed by atoms with Gasteiger partial charge in [-0.1, -0.05) is 49.6 Å². The summed E-state index contributed by atoms with van der Waals surface area (Å²) in [5.41, 5.74) is 1.67. The van der Waals surface area contributed by atoms with Crippen molar-refractivity contribution in [2.45, 2.75) is 32.1 Å². The molecule has 1 aliphatic heterocycles. The van der Waals surface area contributed by atoms with Gasteiger partial charge >= 0.3 is 0 Å². The molecule has 0 spiro atoms. The van der Waals surface area contributed by atoms with Gasteiger partial charge < -0.3 is 0 Å². The SMILES string of the molecule is O=C1c2c(ccc3cc4ccccc4cc23)N=CC1C1CCCCC1. The van der Waals surface area contributed by atoms with E-state index in [2.05, 4.69) is 41.4 Å². The zero-order chi connectivity index (χ0) is 16.8. The molecule has 0 radical (unpaired) electrons. The number of hydrogen-bond donors (Lipinski definition) is 0. The van der Waals surface area contributed by atoms with Gasteiger partial charge in [-0.25, -0.2) is 0 Å². The van der Waals surface area contributed by atoms with Crippen LogP contribution >= 0.6 is 0 Å². The first-order valence-corrected chi connectivity index (χ1v) is 9.35. The Kier molecular flexibility index (Phi) is 3.44. The minimum absolute atomic E-state index is 0.0372. The van der Waals surface area contributed by atoms with Gasteiger partial charge in [-0.2, -0.15) is 0 Å². The van der Waals surface area contributed by atoms with Crippen molar-refractivity contribution < 1.29 is 4.79 Å². The minimum atomic E-state index is -0.0372. The van der Waals surface area contributed by atoms with Gasteiger partial charge in [0.05, 0.1) is 17.2 Å². The lowest BCUT2D eigenvalue weighted by Crippen LogP contribution is -2.29. The highest BCUT2D eigenvalue weighted by Crippen LogP contribution is 2.39. The Bertz CT molecular complexity index is 1010. The normalized spacial score (nSPS) is 21.0. The molecule has 1 unspecified atom stereocenters. The quantitative estimate of drug-likeness (QED) is 0.497. The maximum atomic E-state index is 13.4. The van der Waals surface area contributed by atoms with E-state index in [0.717, 1.165) is 34.9 Å². The van der Waals surface area contributed by atoms with Gasteiger partial charge in [-0.05, 0) is 58.5 Å². The molecule has 1 heterocycles. The highest BCUT2D eigenvalue weighted by atomic mass is 16.1. The average Bonchev–Trinajstić information content (AvgIpc) is 2.67. The predicted molar refractivity (Wildman–Crippen MR) is 104 cm³/mol. The van der Waals surface area contributed by atoms with Crippen molar-refractivity contribution in [3.8, 4) is 0 Å². The van der Waals surface area contributed by atoms with E-state index >= 15 is 0 Å². The number of nitrogens with zero attached hydrogens (tertiary/aromatic N) is 1. The van der Waals surface area contributed by atoms with Crippen molar-refractivity contribution in [1.82, 2.24) is 0 Å². The summed E-state index contributed by atoms with van der Waals surface area (Å²) in [7, 11) is 0. The highest BCUT2D eigenvalue weighted by molar-refractivity contribution is 6.20. The van der Waals surface area contributed by atoms with Crippen LogP contribution < -0.4 is 0 Å². The summed E-state index contributed by atoms with van der Waals surface area (Å²) in [6.07, 6.45) is 8.04. The molecule has 25 heavy (non-hydrogen) atoms. The molecular weight excluding hydrogens is 306 g/mol. The summed E-state index contributed by atoms with van der Waals surface area (Å²) in [6, 6.07) is 16.8. The van der Waals surface area contributed by atoms with Gasteiger partial charge in [-0.3, -0.25) is 9.79 Å². The molecule has 2 aliphatic rings. The van der Waals surface area contributed by atoms with Gasteiger partial charge in [0.2, 0.25) is 0 Å². The molecule has 1 aliphatic carbocycles. The Morgan fingerprint density at radius 1 is 0.840 bits per heavy atom. The van der Waals surface area contributed by atoms with Crippen LogP contribution in [0.2, 0.25) is 0 Å². The number of rotatable bonds is 1. The van der Waals surface area contributed by atoms with E-state index < -0.39 is 0 Å². The number of hydrogen-bond acceptors (Lipinski definition) is 2. The zero-order valence-corrected chi connectivity index (χ0v) is 14.2. The van der Waals surface area contributed by atoms with Crippen LogP contribution in [0.5, 0.6) is 0 Å². The first-order valence-electron chi connectivity index (χ1n) is 9.35. The minimum Gasteiger partial charge on any atom is -0.293 e. The monoisotopic (exact) mass is 327 g/mol. The Morgan fingerprint density at radius 2 is 1.60 bits per heavy atom. The molecule has 3 aromatic carbocycles. The highest BCUT2D eigenvalue weighted by Gasteiger charge is 2.33. The molecule has 2 heteroatoms. The number of fused-ring (bicyclic) bond motifs is 4. The maximum absolute atomic E-state index is 13.4. The molecule has 124 valence electrons. The molecule has 0 saturated heterocycles. The van der Waals surface area contributed by atoms with E-state index in [1.165, 1.54) is 30.0 Å². The fourth-order valence-corrected chi connectivity index (χ4v) is 4.59. The van der Waals surface area contributed by atoms with Crippen molar-refractivity contribution in [1.29, 1.82) is 0 Å². The van der Waals surface area contributed by atoms with E-state index in [9.17, 15) is 4.79 Å². The first-order chi connectivity index (χ1) is 12.3. The third-order valence-corrected chi connectivity index (χ3v) is 5.95. The first kappa shape index (κ1) is 14.8. The molecule has 0 N–H and O–H groups in total. The Morgan fingerprint density at radius 3 is 2.40 bits per heavy atom. The second kappa shape index (κ2) is 5.80. The summed E-state index contributed by atoms with van der Waals surface area (Å²) in [4.78, 5) is 18.1. The summed E-state index contributed by atoms with van der Waals surface area (Å²) in [5.74, 6) is 0.705. The fraction of sp³-hybridized carbons (Fsp3) is 0.304. The molecule has 5 rings (SSSR count). The largest absolute Gasteiger partial charge is 0.293 e. The van der Waals surface area contributed by atoms with Crippen molar-refractivity contribution in [2.24, 2.45) is 16.8 Å². The van der Waals surface area contributed by atoms with Crippen molar-refractivity contribution in [2.75, 3.05) is 0 Å². The molecule has 0 aromatic heterocycles. The molecule has 2 nitrogen and oxygen atoms in total. The van der Waals surface area contributed by atoms with Crippen LogP contribution in [0.3, 0.4) is 0 Å². The lowest BCUT2D eigenvalue weighted by atomic mass is 9.75. The van der Waals surface area contributed by atoms with Crippen molar-refractivity contribution in [3.05, 3.63) is 54.1 Å². The van der Waals surface area contributed by atoms with Gasteiger partial charge in [0.25, 0.3) is 0 Å². The van der Waals surface area contributed by atoms with Crippen LogP contribution in [0.25, 0.3) is 21.5 Å². The second-order valence-electron chi connectivity index (χ2n) is 7.45. The Balaban J connectivity index is 1.68. The van der Waals surface area contributed by atoms with Crippen LogP contribution in [-0.4, -0.2) is 12.0 Å². The van der Waals surface area contributed by atoms with Gasteiger partial charge in [0.1, 0.15) is 0 Å². The Hall–Kier alpha value is -2.48. The van der Waals surface area contributed by atoms with Crippen LogP contribution in [0.4, 0.5) is 5.69 Å². The van der Waals surface area contributed by atoms with Gasteiger partial charge in [-0.15, -0.1) is 0 Å². The average molecular weight is 327 g/mol. The van der Waals surface area contributed by atoms with E-state index in [4.69, 9.17) is 0 Å². The van der Waals surface area contributed by atoms with Crippen molar-refractivity contribution >= 4 is 39.2 Å². The standard InChI is InChI=1S/C23H21NO/c25-23-20(15-6-2-1-3-7-15)14-24-21-11-10-18-12-16-8-4-5-9-17(16)13-19(18)22(21)23/h4-5,8-15,20H,1-3,6-7H2. The van der Waals surface area contributed by atoms with Gasteiger partial charge in [0.15, 0.2) is 5.78 Å². The van der Waals surface area contributed by atoms with E-state index in [1.807, 2.05) is 18.3 Å². The summed E-state index contributed by atoms with van der Waals surface area (Å²) >= 11 is 0. The second-order valence-corrected chi connectivity index (χ2v) is 7.45. The number of aliphatic imine (C=N–C) groups is 1. The van der Waals surface area contributed by atoms with Crippen molar-refractivity contribution in [3.63, 3.8) is 0 Å². The molecule has 1 atom stereocenters. The van der Waals surface area contributed by atoms with Crippen LogP contribution in [0.15, 0.2) is 53.5 Å². The number of carbonyl (C=O) groups excluding carboxylic acids is 1. The Labute approximate surface area is 147 Å². The van der Waals surface area contributed by atoms with Gasteiger partial charge in [0, 0.05) is 6.21 Å². The molecular formula is C23H21NO. The fourth-order valence-electron chi connectivity index (χ4n) is 4.59. The molecule has 1 saturated carbocycles. The van der Waals surface area contributed by atoms with Crippen LogP contribution in [0, 0.1) is 11.8 Å². The third kappa shape index (κ3) is 2.39. The number of carbonyl (C=O) groups is 1. The van der Waals surface area contributed by atoms with Crippen LogP contribution in [0.1, 0.15) is 42.5 Å². The number of ketones is 1. The van der Waals surface area contributed by atoms with Crippen LogP contribution in [-0.2, 0) is 0 Å². The van der Waals surface area contributed by atoms with E-state index in [-0.39, 0.29) is 11.7 Å². The lowest BCUT2D eigenvalue weighted by Gasteiger charge is -2.29. The third-order valence-electron chi connectivity index (χ3n) is 5.95. The summed E-state index contributed by atoms with van der Waals surface area (Å²) in [5, 5.41) is 4.58. The smallest absolute Gasteiger partial charge is 0.174 e. The number of Topliss-reactive ketones (excluding diaryl/α,β-unsaturated/α-hetero) is 1. The summed E-state index contributed by atoms with van der Waals surface area (Å²) in [6.45, 7) is 0.